The van der Waals surface area contributed by atoms with Gasteiger partial charge in [0.25, 0.3) is 5.91 Å². The van der Waals surface area contributed by atoms with E-state index in [0.29, 0.717) is 0 Å². The largest absolute Gasteiger partial charge is 0.455 e. The van der Waals surface area contributed by atoms with Crippen molar-refractivity contribution in [2.24, 2.45) is 0 Å². The van der Waals surface area contributed by atoms with Gasteiger partial charge in [-0.15, -0.1) is 0 Å². The van der Waals surface area contributed by atoms with Gasteiger partial charge in [0.1, 0.15) is 12.3 Å². The topological polar surface area (TPSA) is 111 Å². The molecule has 0 heterocycles. The van der Waals surface area contributed by atoms with E-state index in [2.05, 4.69) is 14.8 Å². The van der Waals surface area contributed by atoms with Crippen molar-refractivity contribution in [3.8, 4) is 5.75 Å². The second-order valence-corrected chi connectivity index (χ2v) is 8.07. The van der Waals surface area contributed by atoms with Crippen molar-refractivity contribution in [3.63, 3.8) is 0 Å². The second-order valence-electron chi connectivity index (χ2n) is 5.48. The molecule has 2 aromatic rings. The maximum Gasteiger partial charge on any atom is 0.387 e. The fraction of sp³-hybridized carbons (Fsp3) is 0.176. The molecule has 2 N–H and O–H groups in total. The highest BCUT2D eigenvalue weighted by Crippen LogP contribution is 2.26. The number of hydrogen-bond acceptors (Lipinski definition) is 6. The molecule has 13 heteroatoms. The van der Waals surface area contributed by atoms with E-state index in [-0.39, 0.29) is 26.4 Å². The molecule has 0 fully saturated rings. The van der Waals surface area contributed by atoms with Crippen LogP contribution in [-0.4, -0.2) is 40.1 Å². The molecular weight excluding hydrogens is 469 g/mol. The normalized spacial score (nSPS) is 11.2. The summed E-state index contributed by atoms with van der Waals surface area (Å²) < 4.78 is 59.9. The molecule has 162 valence electrons. The van der Waals surface area contributed by atoms with Crippen LogP contribution >= 0.6 is 23.2 Å². The van der Waals surface area contributed by atoms with E-state index in [4.69, 9.17) is 23.2 Å². The number of amides is 1. The molecular formula is C17H14Cl2F2N2O6S. The number of ether oxygens (including phenoxy) is 2. The molecule has 1 amide bonds. The molecule has 0 saturated heterocycles. The van der Waals surface area contributed by atoms with Gasteiger partial charge in [-0.1, -0.05) is 35.3 Å². The predicted molar refractivity (Wildman–Crippen MR) is 104 cm³/mol. The number of rotatable bonds is 9. The first-order chi connectivity index (χ1) is 14.1. The smallest absolute Gasteiger partial charge is 0.387 e. The molecule has 0 atom stereocenters. The Balaban J connectivity index is 1.86. The minimum Gasteiger partial charge on any atom is -0.455 e. The number of sulfonamides is 1. The number of esters is 1. The Morgan fingerprint density at radius 2 is 1.77 bits per heavy atom. The number of hydrogen-bond donors (Lipinski definition) is 2. The number of alkyl halides is 2. The lowest BCUT2D eigenvalue weighted by Gasteiger charge is -2.12. The van der Waals surface area contributed by atoms with Gasteiger partial charge in [-0.2, -0.15) is 13.5 Å². The van der Waals surface area contributed by atoms with Crippen LogP contribution in [-0.2, 0) is 24.3 Å². The number of nitrogens with one attached hydrogen (secondary N) is 2. The summed E-state index contributed by atoms with van der Waals surface area (Å²) >= 11 is 11.5. The van der Waals surface area contributed by atoms with E-state index in [0.717, 1.165) is 6.07 Å². The van der Waals surface area contributed by atoms with Crippen LogP contribution in [0.2, 0.25) is 10.0 Å². The number of halogens is 4. The molecule has 0 aliphatic heterocycles. The zero-order valence-electron chi connectivity index (χ0n) is 14.9. The summed E-state index contributed by atoms with van der Waals surface area (Å²) in [5.41, 5.74) is -0.0563. The quantitative estimate of drug-likeness (QED) is 0.531. The first kappa shape index (κ1) is 23.8. The SMILES string of the molecule is O=C(COC(=O)CNS(=O)(=O)c1ccc(Cl)c(Cl)c1)Nc1ccccc1OC(F)F. The number of anilines is 1. The van der Waals surface area contributed by atoms with Crippen molar-refractivity contribution >= 4 is 50.8 Å². The zero-order valence-corrected chi connectivity index (χ0v) is 17.2. The van der Waals surface area contributed by atoms with Gasteiger partial charge in [0.2, 0.25) is 10.0 Å². The van der Waals surface area contributed by atoms with Crippen molar-refractivity contribution in [1.82, 2.24) is 4.72 Å². The Kier molecular flexibility index (Phi) is 8.35. The van der Waals surface area contributed by atoms with E-state index in [1.165, 1.54) is 36.4 Å². The highest BCUT2D eigenvalue weighted by atomic mass is 35.5. The van der Waals surface area contributed by atoms with Crippen LogP contribution in [0.15, 0.2) is 47.4 Å². The van der Waals surface area contributed by atoms with Crippen LogP contribution in [0.5, 0.6) is 5.75 Å². The average Bonchev–Trinajstić information content (AvgIpc) is 2.68. The fourth-order valence-corrected chi connectivity index (χ4v) is 3.39. The zero-order chi connectivity index (χ0) is 22.3. The lowest BCUT2D eigenvalue weighted by molar-refractivity contribution is -0.146. The van der Waals surface area contributed by atoms with Crippen LogP contribution in [0.3, 0.4) is 0 Å². The van der Waals surface area contributed by atoms with Gasteiger partial charge >= 0.3 is 12.6 Å². The summed E-state index contributed by atoms with van der Waals surface area (Å²) in [6.07, 6.45) is 0. The van der Waals surface area contributed by atoms with Crippen molar-refractivity contribution in [1.29, 1.82) is 0 Å². The third kappa shape index (κ3) is 7.10. The molecule has 0 unspecified atom stereocenters. The third-order valence-corrected chi connectivity index (χ3v) is 5.49. The maximum absolute atomic E-state index is 12.4. The Morgan fingerprint density at radius 3 is 2.43 bits per heavy atom. The highest BCUT2D eigenvalue weighted by molar-refractivity contribution is 7.89. The van der Waals surface area contributed by atoms with Crippen LogP contribution < -0.4 is 14.8 Å². The van der Waals surface area contributed by atoms with E-state index in [9.17, 15) is 26.8 Å². The third-order valence-electron chi connectivity index (χ3n) is 3.35. The van der Waals surface area contributed by atoms with Crippen LogP contribution in [0, 0.1) is 0 Å². The standard InChI is InChI=1S/C17H14Cl2F2N2O6S/c18-11-6-5-10(7-12(11)19)30(26,27)22-8-16(25)28-9-15(24)23-13-3-1-2-4-14(13)29-17(20)21/h1-7,17,22H,8-9H2,(H,23,24). The molecule has 8 nitrogen and oxygen atoms in total. The lowest BCUT2D eigenvalue weighted by atomic mass is 10.3. The second kappa shape index (κ2) is 10.5. The van der Waals surface area contributed by atoms with Gasteiger partial charge in [-0.25, -0.2) is 8.42 Å². The van der Waals surface area contributed by atoms with E-state index < -0.39 is 41.7 Å². The Bertz CT molecular complexity index is 1040. The summed E-state index contributed by atoms with van der Waals surface area (Å²) in [4.78, 5) is 23.3. The first-order valence-electron chi connectivity index (χ1n) is 8.02. The van der Waals surface area contributed by atoms with Gasteiger partial charge in [0.15, 0.2) is 6.61 Å². The predicted octanol–water partition coefficient (Wildman–Crippen LogP) is 3.06. The minimum atomic E-state index is -4.08. The van der Waals surface area contributed by atoms with Crippen molar-refractivity contribution in [2.45, 2.75) is 11.5 Å². The summed E-state index contributed by atoms with van der Waals surface area (Å²) in [7, 11) is -4.08. The Morgan fingerprint density at radius 1 is 1.07 bits per heavy atom. The molecule has 2 rings (SSSR count). The molecule has 30 heavy (non-hydrogen) atoms. The van der Waals surface area contributed by atoms with Crippen molar-refractivity contribution in [3.05, 3.63) is 52.5 Å². The molecule has 0 radical (unpaired) electrons. The lowest BCUT2D eigenvalue weighted by Crippen LogP contribution is -2.32. The van der Waals surface area contributed by atoms with Crippen molar-refractivity contribution in [2.75, 3.05) is 18.5 Å². The molecule has 0 aromatic heterocycles. The Labute approximate surface area is 180 Å². The molecule has 0 aliphatic carbocycles. The van der Waals surface area contributed by atoms with Crippen molar-refractivity contribution < 1.29 is 36.3 Å². The van der Waals surface area contributed by atoms with E-state index in [1.54, 1.807) is 0 Å². The Hall–Kier alpha value is -2.47. The molecule has 0 bridgehead atoms. The monoisotopic (exact) mass is 482 g/mol. The number of carbonyl (C=O) groups is 2. The summed E-state index contributed by atoms with van der Waals surface area (Å²) in [5.74, 6) is -2.17. The van der Waals surface area contributed by atoms with Crippen LogP contribution in [0.25, 0.3) is 0 Å². The van der Waals surface area contributed by atoms with Gasteiger partial charge in [-0.3, -0.25) is 9.59 Å². The van der Waals surface area contributed by atoms with Gasteiger partial charge in [0.05, 0.1) is 20.6 Å². The molecule has 0 aliphatic rings. The van der Waals surface area contributed by atoms with Crippen LogP contribution in [0.1, 0.15) is 0 Å². The minimum absolute atomic E-state index is 0.00916. The summed E-state index contributed by atoms with van der Waals surface area (Å²) in [6.45, 7) is -4.64. The maximum atomic E-state index is 12.4. The number of para-hydroxylation sites is 2. The first-order valence-corrected chi connectivity index (χ1v) is 10.3. The molecule has 2 aromatic carbocycles. The highest BCUT2D eigenvalue weighted by Gasteiger charge is 2.18. The van der Waals surface area contributed by atoms with E-state index >= 15 is 0 Å². The van der Waals surface area contributed by atoms with E-state index in [1.807, 2.05) is 4.72 Å². The summed E-state index contributed by atoms with van der Waals surface area (Å²) in [5, 5.41) is 2.40. The van der Waals surface area contributed by atoms with Gasteiger partial charge in [0, 0.05) is 0 Å². The van der Waals surface area contributed by atoms with Gasteiger partial charge < -0.3 is 14.8 Å². The fourth-order valence-electron chi connectivity index (χ4n) is 2.03. The molecule has 0 saturated carbocycles. The van der Waals surface area contributed by atoms with Gasteiger partial charge in [-0.05, 0) is 30.3 Å². The molecule has 0 spiro atoms. The van der Waals surface area contributed by atoms with Crippen LogP contribution in [0.4, 0.5) is 14.5 Å². The number of carbonyl (C=O) groups excluding carboxylic acids is 2. The number of benzene rings is 2. The average molecular weight is 483 g/mol. The summed E-state index contributed by atoms with van der Waals surface area (Å²) in [6, 6.07) is 8.98.